The molecule has 39 heavy (non-hydrogen) atoms. The lowest BCUT2D eigenvalue weighted by atomic mass is 9.85. The van der Waals surface area contributed by atoms with Gasteiger partial charge in [0, 0.05) is 41.0 Å². The monoisotopic (exact) mass is 602 g/mol. The number of carbonyl (C=O) groups excluding carboxylic acids is 2. The molecule has 1 fully saturated rings. The number of carbonyl (C=O) groups is 2. The summed E-state index contributed by atoms with van der Waals surface area (Å²) in [5.74, 6) is -2.63. The SMILES string of the molecule is COC(=O)c1c(F)cc(-n2cc(C3CCN(C(=O)C(Cc4cccc(Br)c4)CC(C)C)C(C)C3)nn2)cc1F. The summed E-state index contributed by atoms with van der Waals surface area (Å²) in [7, 11) is 1.06. The Bertz CT molecular complexity index is 1320. The quantitative estimate of drug-likeness (QED) is 0.291. The highest BCUT2D eigenvalue weighted by molar-refractivity contribution is 9.10. The number of likely N-dealkylation sites (tertiary alicyclic amines) is 1. The van der Waals surface area contributed by atoms with Crippen molar-refractivity contribution in [3.63, 3.8) is 0 Å². The van der Waals surface area contributed by atoms with Crippen molar-refractivity contribution in [1.82, 2.24) is 19.9 Å². The zero-order valence-corrected chi connectivity index (χ0v) is 24.1. The highest BCUT2D eigenvalue weighted by atomic mass is 79.9. The number of esters is 1. The Morgan fingerprint density at radius 3 is 2.51 bits per heavy atom. The van der Waals surface area contributed by atoms with E-state index in [9.17, 15) is 18.4 Å². The Hall–Kier alpha value is -3.14. The van der Waals surface area contributed by atoms with Crippen molar-refractivity contribution in [2.24, 2.45) is 11.8 Å². The van der Waals surface area contributed by atoms with E-state index in [1.807, 2.05) is 17.0 Å². The van der Waals surface area contributed by atoms with E-state index in [0.717, 1.165) is 35.7 Å². The third-order valence-electron chi connectivity index (χ3n) is 7.25. The topological polar surface area (TPSA) is 77.3 Å². The van der Waals surface area contributed by atoms with Gasteiger partial charge >= 0.3 is 5.97 Å². The van der Waals surface area contributed by atoms with Gasteiger partial charge in [0.05, 0.1) is 24.7 Å². The second-order valence-corrected chi connectivity index (χ2v) is 11.5. The van der Waals surface area contributed by atoms with Crippen LogP contribution in [0.25, 0.3) is 5.69 Å². The third-order valence-corrected chi connectivity index (χ3v) is 7.74. The van der Waals surface area contributed by atoms with Crippen molar-refractivity contribution in [2.75, 3.05) is 13.7 Å². The average Bonchev–Trinajstić information content (AvgIpc) is 3.37. The van der Waals surface area contributed by atoms with E-state index >= 15 is 0 Å². The number of piperidine rings is 1. The molecule has 0 spiro atoms. The number of ether oxygens (including phenoxy) is 1. The summed E-state index contributed by atoms with van der Waals surface area (Å²) in [6, 6.07) is 10.2. The zero-order valence-electron chi connectivity index (χ0n) is 22.5. The molecule has 1 aliphatic rings. The Balaban J connectivity index is 1.46. The van der Waals surface area contributed by atoms with Gasteiger partial charge in [0.15, 0.2) is 0 Å². The van der Waals surface area contributed by atoms with Gasteiger partial charge in [-0.25, -0.2) is 18.3 Å². The Morgan fingerprint density at radius 1 is 1.18 bits per heavy atom. The van der Waals surface area contributed by atoms with E-state index in [0.29, 0.717) is 37.4 Å². The molecule has 0 saturated carbocycles. The molecule has 4 rings (SSSR count). The first-order chi connectivity index (χ1) is 18.6. The normalized spacial score (nSPS) is 18.3. The van der Waals surface area contributed by atoms with Gasteiger partial charge in [0.1, 0.15) is 17.2 Å². The number of nitrogens with zero attached hydrogens (tertiary/aromatic N) is 4. The second-order valence-electron chi connectivity index (χ2n) is 10.6. The van der Waals surface area contributed by atoms with Crippen molar-refractivity contribution >= 4 is 27.8 Å². The molecule has 1 aliphatic heterocycles. The third kappa shape index (κ3) is 6.72. The van der Waals surface area contributed by atoms with Gasteiger partial charge < -0.3 is 9.64 Å². The van der Waals surface area contributed by atoms with Crippen LogP contribution in [0, 0.1) is 23.5 Å². The molecule has 1 amide bonds. The van der Waals surface area contributed by atoms with Gasteiger partial charge in [-0.1, -0.05) is 47.1 Å². The van der Waals surface area contributed by atoms with E-state index in [2.05, 4.69) is 63.9 Å². The molecule has 0 radical (unpaired) electrons. The van der Waals surface area contributed by atoms with Crippen LogP contribution in [0.1, 0.15) is 67.6 Å². The number of amides is 1. The van der Waals surface area contributed by atoms with Crippen molar-refractivity contribution < 1.29 is 23.1 Å². The smallest absolute Gasteiger partial charge is 0.343 e. The first-order valence-corrected chi connectivity index (χ1v) is 13.9. The molecule has 2 heterocycles. The number of hydrogen-bond acceptors (Lipinski definition) is 5. The fourth-order valence-electron chi connectivity index (χ4n) is 5.37. The minimum Gasteiger partial charge on any atom is -0.465 e. The summed E-state index contributed by atoms with van der Waals surface area (Å²) in [6.07, 6.45) is 4.58. The summed E-state index contributed by atoms with van der Waals surface area (Å²) < 4.78 is 35.6. The van der Waals surface area contributed by atoms with Gasteiger partial charge in [-0.2, -0.15) is 0 Å². The number of hydrogen-bond donors (Lipinski definition) is 0. The van der Waals surface area contributed by atoms with E-state index in [-0.39, 0.29) is 29.5 Å². The van der Waals surface area contributed by atoms with Crippen LogP contribution in [-0.4, -0.2) is 51.5 Å². The molecular weight excluding hydrogens is 570 g/mol. The van der Waals surface area contributed by atoms with E-state index < -0.39 is 23.2 Å². The summed E-state index contributed by atoms with van der Waals surface area (Å²) in [5.41, 5.74) is 1.19. The van der Waals surface area contributed by atoms with Crippen LogP contribution in [-0.2, 0) is 16.0 Å². The van der Waals surface area contributed by atoms with Crippen LogP contribution in [0.5, 0.6) is 0 Å². The molecule has 0 N–H and O–H groups in total. The van der Waals surface area contributed by atoms with E-state index in [1.165, 1.54) is 4.68 Å². The Morgan fingerprint density at radius 2 is 1.90 bits per heavy atom. The van der Waals surface area contributed by atoms with Gasteiger partial charge in [-0.3, -0.25) is 4.79 Å². The predicted molar refractivity (Wildman–Crippen MR) is 147 cm³/mol. The minimum atomic E-state index is -1.08. The molecule has 7 nitrogen and oxygen atoms in total. The largest absolute Gasteiger partial charge is 0.465 e. The molecule has 2 aromatic carbocycles. The van der Waals surface area contributed by atoms with Gasteiger partial charge in [0.2, 0.25) is 5.91 Å². The number of rotatable bonds is 8. The van der Waals surface area contributed by atoms with Crippen molar-refractivity contribution in [3.05, 3.63) is 75.5 Å². The molecule has 3 aromatic rings. The first kappa shape index (κ1) is 28.9. The Labute approximate surface area is 235 Å². The van der Waals surface area contributed by atoms with Crippen LogP contribution in [0.3, 0.4) is 0 Å². The van der Waals surface area contributed by atoms with Crippen LogP contribution in [0.15, 0.2) is 47.1 Å². The lowest BCUT2D eigenvalue weighted by Gasteiger charge is -2.39. The number of benzene rings is 2. The highest BCUT2D eigenvalue weighted by Crippen LogP contribution is 2.33. The molecular formula is C29H33BrF2N4O3. The molecule has 0 aliphatic carbocycles. The first-order valence-electron chi connectivity index (χ1n) is 13.1. The fraction of sp³-hybridized carbons (Fsp3) is 0.448. The molecule has 208 valence electrons. The molecule has 1 aromatic heterocycles. The minimum absolute atomic E-state index is 0.00722. The number of aromatic nitrogens is 3. The van der Waals surface area contributed by atoms with Crippen LogP contribution in [0.2, 0.25) is 0 Å². The summed E-state index contributed by atoms with van der Waals surface area (Å²) >= 11 is 3.53. The predicted octanol–water partition coefficient (Wildman–Crippen LogP) is 6.09. The lowest BCUT2D eigenvalue weighted by Crippen LogP contribution is -2.47. The van der Waals surface area contributed by atoms with Crippen molar-refractivity contribution in [3.8, 4) is 5.69 Å². The van der Waals surface area contributed by atoms with Gasteiger partial charge in [-0.15, -0.1) is 5.10 Å². The molecule has 0 bridgehead atoms. The molecule has 1 saturated heterocycles. The van der Waals surface area contributed by atoms with Crippen molar-refractivity contribution in [2.45, 2.75) is 58.4 Å². The highest BCUT2D eigenvalue weighted by Gasteiger charge is 2.34. The van der Waals surface area contributed by atoms with Crippen molar-refractivity contribution in [1.29, 1.82) is 0 Å². The average molecular weight is 604 g/mol. The second kappa shape index (κ2) is 12.4. The maximum Gasteiger partial charge on any atom is 0.343 e. The summed E-state index contributed by atoms with van der Waals surface area (Å²) in [6.45, 7) is 6.93. The molecule has 3 atom stereocenters. The summed E-state index contributed by atoms with van der Waals surface area (Å²) in [4.78, 5) is 27.3. The van der Waals surface area contributed by atoms with E-state index in [4.69, 9.17) is 0 Å². The van der Waals surface area contributed by atoms with Gasteiger partial charge in [0.25, 0.3) is 0 Å². The van der Waals surface area contributed by atoms with Crippen LogP contribution < -0.4 is 0 Å². The van der Waals surface area contributed by atoms with Crippen LogP contribution in [0.4, 0.5) is 8.78 Å². The maximum absolute atomic E-state index is 14.4. The number of methoxy groups -OCH3 is 1. The summed E-state index contributed by atoms with van der Waals surface area (Å²) in [5, 5.41) is 8.33. The fourth-order valence-corrected chi connectivity index (χ4v) is 5.82. The Kier molecular flexibility index (Phi) is 9.15. The maximum atomic E-state index is 14.4. The zero-order chi connectivity index (χ0) is 28.3. The lowest BCUT2D eigenvalue weighted by molar-refractivity contribution is -0.139. The van der Waals surface area contributed by atoms with E-state index in [1.54, 1.807) is 6.20 Å². The molecule has 3 unspecified atom stereocenters. The van der Waals surface area contributed by atoms with Gasteiger partial charge in [-0.05, 0) is 56.2 Å². The van der Waals surface area contributed by atoms with Crippen LogP contribution >= 0.6 is 15.9 Å². The standard InChI is InChI=1S/C29H33BrF2N4O3/c1-17(2)10-21(12-19-6-5-7-22(30)13-19)28(37)35-9-8-20(11-18(35)3)26-16-36(34-33-26)23-14-24(31)27(25(32)15-23)29(38)39-4/h5-7,13-18,20-21H,8-12H2,1-4H3. The molecule has 10 heteroatoms. The number of halogens is 3.